The quantitative estimate of drug-likeness (QED) is 0.555. The summed E-state index contributed by atoms with van der Waals surface area (Å²) in [5.41, 5.74) is -0.481. The highest BCUT2D eigenvalue weighted by Gasteiger charge is 2.26. The minimum Gasteiger partial charge on any atom is -0.460 e. The third kappa shape index (κ3) is 8.72. The molecule has 160 valence electrons. The molecule has 1 saturated carbocycles. The van der Waals surface area contributed by atoms with Crippen LogP contribution in [0, 0.1) is 5.92 Å². The highest BCUT2D eigenvalue weighted by molar-refractivity contribution is 5.70. The number of hydrogen-bond acceptors (Lipinski definition) is 6. The second-order valence-electron chi connectivity index (χ2n) is 9.51. The topological polar surface area (TPSA) is 77.2 Å². The number of aromatic nitrogens is 2. The zero-order chi connectivity index (χ0) is 20.6. The van der Waals surface area contributed by atoms with Crippen LogP contribution in [0.1, 0.15) is 110 Å². The molecule has 0 bridgehead atoms. The first-order valence-corrected chi connectivity index (χ1v) is 11.0. The standard InChI is InChI=1S/C22H39N3O3/c1-16(2)23-15-19-24-21(28-25-19)18(14-20(26)27-22(3,4)5)13-9-12-17-10-7-6-8-11-17/h16-18,23H,6-15H2,1-5H3. The molecule has 0 radical (unpaired) electrons. The predicted molar refractivity (Wildman–Crippen MR) is 110 cm³/mol. The summed E-state index contributed by atoms with van der Waals surface area (Å²) >= 11 is 0. The molecule has 1 atom stereocenters. The Morgan fingerprint density at radius 3 is 2.61 bits per heavy atom. The van der Waals surface area contributed by atoms with E-state index in [4.69, 9.17) is 9.26 Å². The van der Waals surface area contributed by atoms with E-state index >= 15 is 0 Å². The second kappa shape index (κ2) is 10.9. The average Bonchev–Trinajstić information content (AvgIpc) is 3.07. The molecule has 1 aliphatic carbocycles. The van der Waals surface area contributed by atoms with Gasteiger partial charge in [-0.2, -0.15) is 4.98 Å². The van der Waals surface area contributed by atoms with Gasteiger partial charge in [-0.05, 0) is 33.1 Å². The van der Waals surface area contributed by atoms with Crippen molar-refractivity contribution in [3.8, 4) is 0 Å². The van der Waals surface area contributed by atoms with Crippen molar-refractivity contribution in [1.29, 1.82) is 0 Å². The Morgan fingerprint density at radius 1 is 1.25 bits per heavy atom. The zero-order valence-electron chi connectivity index (χ0n) is 18.4. The fraction of sp³-hybridized carbons (Fsp3) is 0.864. The van der Waals surface area contributed by atoms with Gasteiger partial charge in [-0.25, -0.2) is 0 Å². The number of carbonyl (C=O) groups excluding carboxylic acids is 1. The maximum Gasteiger partial charge on any atom is 0.307 e. The van der Waals surface area contributed by atoms with E-state index in [2.05, 4.69) is 29.3 Å². The Balaban J connectivity index is 1.95. The minimum atomic E-state index is -0.481. The van der Waals surface area contributed by atoms with Crippen molar-refractivity contribution >= 4 is 5.97 Å². The molecule has 0 aromatic carbocycles. The summed E-state index contributed by atoms with van der Waals surface area (Å²) in [4.78, 5) is 17.0. The number of nitrogens with zero attached hydrogens (tertiary/aromatic N) is 2. The SMILES string of the molecule is CC(C)NCc1noc(C(CCCC2CCCCC2)CC(=O)OC(C)(C)C)n1. The second-order valence-corrected chi connectivity index (χ2v) is 9.51. The Morgan fingerprint density at radius 2 is 1.96 bits per heavy atom. The smallest absolute Gasteiger partial charge is 0.307 e. The lowest BCUT2D eigenvalue weighted by molar-refractivity contribution is -0.155. The summed E-state index contributed by atoms with van der Waals surface area (Å²) in [7, 11) is 0. The lowest BCUT2D eigenvalue weighted by Gasteiger charge is -2.23. The van der Waals surface area contributed by atoms with Crippen molar-refractivity contribution in [2.24, 2.45) is 5.92 Å². The number of carbonyl (C=O) groups is 1. The number of ether oxygens (including phenoxy) is 1. The van der Waals surface area contributed by atoms with Crippen LogP contribution in [-0.4, -0.2) is 27.8 Å². The van der Waals surface area contributed by atoms with Gasteiger partial charge in [-0.3, -0.25) is 4.79 Å². The van der Waals surface area contributed by atoms with Crippen LogP contribution in [0.3, 0.4) is 0 Å². The molecular formula is C22H39N3O3. The first-order chi connectivity index (χ1) is 13.2. The third-order valence-electron chi connectivity index (χ3n) is 5.22. The van der Waals surface area contributed by atoms with Crippen molar-refractivity contribution < 1.29 is 14.1 Å². The molecule has 1 aromatic rings. The monoisotopic (exact) mass is 393 g/mol. The molecule has 2 rings (SSSR count). The molecule has 0 aliphatic heterocycles. The normalized spacial score (nSPS) is 17.1. The summed E-state index contributed by atoms with van der Waals surface area (Å²) in [5, 5.41) is 7.38. The van der Waals surface area contributed by atoms with Crippen molar-refractivity contribution in [3.63, 3.8) is 0 Å². The molecule has 6 heteroatoms. The van der Waals surface area contributed by atoms with Gasteiger partial charge in [-0.1, -0.05) is 63.9 Å². The fourth-order valence-electron chi connectivity index (χ4n) is 3.83. The lowest BCUT2D eigenvalue weighted by atomic mass is 9.84. The molecule has 0 spiro atoms. The minimum absolute atomic E-state index is 0.0706. The summed E-state index contributed by atoms with van der Waals surface area (Å²) in [6, 6.07) is 0.356. The van der Waals surface area contributed by atoms with E-state index in [9.17, 15) is 4.79 Å². The maximum absolute atomic E-state index is 12.4. The largest absolute Gasteiger partial charge is 0.460 e. The van der Waals surface area contributed by atoms with Crippen LogP contribution in [0.25, 0.3) is 0 Å². The van der Waals surface area contributed by atoms with Crippen LogP contribution in [0.15, 0.2) is 4.52 Å². The van der Waals surface area contributed by atoms with Gasteiger partial charge in [0.2, 0.25) is 5.89 Å². The van der Waals surface area contributed by atoms with Crippen LogP contribution in [-0.2, 0) is 16.1 Å². The molecule has 1 aliphatic rings. The molecular weight excluding hydrogens is 354 g/mol. The van der Waals surface area contributed by atoms with Crippen molar-refractivity contribution in [1.82, 2.24) is 15.5 Å². The zero-order valence-corrected chi connectivity index (χ0v) is 18.4. The Bertz CT molecular complexity index is 586. The molecule has 0 amide bonds. The van der Waals surface area contributed by atoms with Crippen molar-refractivity contribution in [3.05, 3.63) is 11.7 Å². The number of rotatable bonds is 10. The van der Waals surface area contributed by atoms with Crippen LogP contribution in [0.2, 0.25) is 0 Å². The van der Waals surface area contributed by atoms with Crippen LogP contribution in [0.5, 0.6) is 0 Å². The maximum atomic E-state index is 12.4. The summed E-state index contributed by atoms with van der Waals surface area (Å²) in [6.07, 6.45) is 10.3. The summed E-state index contributed by atoms with van der Waals surface area (Å²) < 4.78 is 11.1. The van der Waals surface area contributed by atoms with E-state index < -0.39 is 5.60 Å². The van der Waals surface area contributed by atoms with Gasteiger partial charge in [0.05, 0.1) is 13.0 Å². The molecule has 1 aromatic heterocycles. The number of nitrogens with one attached hydrogen (secondary N) is 1. The van der Waals surface area contributed by atoms with Crippen molar-refractivity contribution in [2.45, 2.75) is 117 Å². The van der Waals surface area contributed by atoms with E-state index in [1.807, 2.05) is 20.8 Å². The molecule has 0 saturated heterocycles. The Hall–Kier alpha value is -1.43. The van der Waals surface area contributed by atoms with Gasteiger partial charge in [0.15, 0.2) is 5.82 Å². The van der Waals surface area contributed by atoms with E-state index in [1.165, 1.54) is 38.5 Å². The number of esters is 1. The Labute approximate surface area is 170 Å². The van der Waals surface area contributed by atoms with Gasteiger partial charge in [0.1, 0.15) is 5.60 Å². The predicted octanol–water partition coefficient (Wildman–Crippen LogP) is 5.13. The van der Waals surface area contributed by atoms with E-state index in [-0.39, 0.29) is 11.9 Å². The number of hydrogen-bond donors (Lipinski definition) is 1. The van der Waals surface area contributed by atoms with Gasteiger partial charge in [-0.15, -0.1) is 0 Å². The molecule has 28 heavy (non-hydrogen) atoms. The van der Waals surface area contributed by atoms with Crippen LogP contribution in [0.4, 0.5) is 0 Å². The van der Waals surface area contributed by atoms with Crippen LogP contribution >= 0.6 is 0 Å². The molecule has 6 nitrogen and oxygen atoms in total. The van der Waals surface area contributed by atoms with Gasteiger partial charge < -0.3 is 14.6 Å². The first-order valence-electron chi connectivity index (χ1n) is 11.0. The first kappa shape index (κ1) is 22.9. The Kier molecular flexibility index (Phi) is 8.93. The molecule has 1 fully saturated rings. The van der Waals surface area contributed by atoms with Crippen LogP contribution < -0.4 is 5.32 Å². The third-order valence-corrected chi connectivity index (χ3v) is 5.22. The highest BCUT2D eigenvalue weighted by atomic mass is 16.6. The highest BCUT2D eigenvalue weighted by Crippen LogP contribution is 2.31. The molecule has 1 N–H and O–H groups in total. The van der Waals surface area contributed by atoms with Crippen molar-refractivity contribution in [2.75, 3.05) is 0 Å². The summed E-state index contributed by atoms with van der Waals surface area (Å²) in [6.45, 7) is 10.4. The molecule has 1 unspecified atom stereocenters. The van der Waals surface area contributed by atoms with Gasteiger partial charge >= 0.3 is 5.97 Å². The van der Waals surface area contributed by atoms with E-state index in [1.54, 1.807) is 0 Å². The fourth-order valence-corrected chi connectivity index (χ4v) is 3.83. The average molecular weight is 394 g/mol. The lowest BCUT2D eigenvalue weighted by Crippen LogP contribution is -2.25. The van der Waals surface area contributed by atoms with Gasteiger partial charge in [0, 0.05) is 12.0 Å². The summed E-state index contributed by atoms with van der Waals surface area (Å²) in [5.74, 6) is 1.78. The van der Waals surface area contributed by atoms with E-state index in [0.717, 1.165) is 18.8 Å². The van der Waals surface area contributed by atoms with E-state index in [0.29, 0.717) is 30.7 Å². The molecule has 1 heterocycles. The van der Waals surface area contributed by atoms with Gasteiger partial charge in [0.25, 0.3) is 0 Å².